The van der Waals surface area contributed by atoms with Crippen LogP contribution in [0.5, 0.6) is 5.88 Å². The molecule has 1 saturated heterocycles. The maximum atomic E-state index is 9.95. The Labute approximate surface area is 192 Å². The first-order chi connectivity index (χ1) is 15.7. The van der Waals surface area contributed by atoms with Crippen LogP contribution in [-0.2, 0) is 4.74 Å². The van der Waals surface area contributed by atoms with Crippen LogP contribution in [0.1, 0.15) is 50.0 Å². The number of aliphatic hydroxyl groups is 1. The summed E-state index contributed by atoms with van der Waals surface area (Å²) >= 11 is 6.00. The second-order valence-electron chi connectivity index (χ2n) is 8.54. The summed E-state index contributed by atoms with van der Waals surface area (Å²) in [6, 6.07) is 7.44. The van der Waals surface area contributed by atoms with Crippen molar-refractivity contribution in [3.63, 3.8) is 0 Å². The normalized spacial score (nSPS) is 22.1. The Morgan fingerprint density at radius 1 is 0.969 bits per heavy atom. The average Bonchev–Trinajstić information content (AvgIpc) is 2.82. The standard InChI is InChI=1S/C24H27ClN4O3/c25-16-3-5-17(6-4-16)28-24-27-14-21-22(29-24)20(15-1-7-18(30)8-2-15)13-26-23(21)32-19-9-11-31-12-10-19/h3-6,13-15,18-19,30H,1-2,7-12H2,(H,27,28,29)/t15-,18-. The van der Waals surface area contributed by atoms with Gasteiger partial charge in [-0.2, -0.15) is 0 Å². The minimum Gasteiger partial charge on any atom is -0.474 e. The molecule has 0 atom stereocenters. The summed E-state index contributed by atoms with van der Waals surface area (Å²) in [5, 5.41) is 14.7. The molecule has 1 saturated carbocycles. The summed E-state index contributed by atoms with van der Waals surface area (Å²) in [6.45, 7) is 1.41. The third kappa shape index (κ3) is 4.80. The molecular weight excluding hydrogens is 428 g/mol. The van der Waals surface area contributed by atoms with E-state index in [0.29, 0.717) is 36.0 Å². The Morgan fingerprint density at radius 3 is 2.47 bits per heavy atom. The molecule has 3 aromatic rings. The summed E-state index contributed by atoms with van der Waals surface area (Å²) in [5.41, 5.74) is 2.81. The molecule has 8 heteroatoms. The highest BCUT2D eigenvalue weighted by Gasteiger charge is 2.25. The molecule has 2 aliphatic rings. The van der Waals surface area contributed by atoms with Crippen molar-refractivity contribution in [3.8, 4) is 5.88 Å². The fourth-order valence-corrected chi connectivity index (χ4v) is 4.60. The molecule has 1 aromatic carbocycles. The zero-order valence-electron chi connectivity index (χ0n) is 17.8. The van der Waals surface area contributed by atoms with E-state index in [4.69, 9.17) is 26.1 Å². The highest BCUT2D eigenvalue weighted by molar-refractivity contribution is 6.30. The Hall–Kier alpha value is -2.48. The van der Waals surface area contributed by atoms with Crippen molar-refractivity contribution in [2.45, 2.75) is 56.7 Å². The molecule has 1 aliphatic heterocycles. The number of hydrogen-bond donors (Lipinski definition) is 2. The largest absolute Gasteiger partial charge is 0.474 e. The number of anilines is 2. The zero-order valence-corrected chi connectivity index (χ0v) is 18.6. The smallest absolute Gasteiger partial charge is 0.227 e. The molecule has 0 bridgehead atoms. The number of benzene rings is 1. The summed E-state index contributed by atoms with van der Waals surface area (Å²) in [5.74, 6) is 1.40. The fraction of sp³-hybridized carbons (Fsp3) is 0.458. The molecule has 5 rings (SSSR count). The van der Waals surface area contributed by atoms with E-state index in [1.54, 1.807) is 6.20 Å². The Balaban J connectivity index is 1.50. The van der Waals surface area contributed by atoms with E-state index in [0.717, 1.165) is 60.7 Å². The molecule has 3 heterocycles. The lowest BCUT2D eigenvalue weighted by Gasteiger charge is -2.27. The van der Waals surface area contributed by atoms with Gasteiger partial charge in [0.1, 0.15) is 6.10 Å². The van der Waals surface area contributed by atoms with Crippen LogP contribution in [0.3, 0.4) is 0 Å². The van der Waals surface area contributed by atoms with Crippen LogP contribution in [0, 0.1) is 0 Å². The number of rotatable bonds is 5. The number of ether oxygens (including phenoxy) is 2. The predicted molar refractivity (Wildman–Crippen MR) is 124 cm³/mol. The number of aromatic nitrogens is 3. The Kier molecular flexibility index (Phi) is 6.39. The van der Waals surface area contributed by atoms with Crippen molar-refractivity contribution >= 4 is 34.1 Å². The van der Waals surface area contributed by atoms with Gasteiger partial charge in [-0.3, -0.25) is 0 Å². The second kappa shape index (κ2) is 9.57. The second-order valence-corrected chi connectivity index (χ2v) is 8.98. The van der Waals surface area contributed by atoms with Crippen molar-refractivity contribution in [2.75, 3.05) is 18.5 Å². The molecule has 2 N–H and O–H groups in total. The number of nitrogens with one attached hydrogen (secondary N) is 1. The quantitative estimate of drug-likeness (QED) is 0.560. The molecule has 0 spiro atoms. The van der Waals surface area contributed by atoms with Crippen LogP contribution in [0.4, 0.5) is 11.6 Å². The van der Waals surface area contributed by atoms with E-state index in [1.807, 2.05) is 30.5 Å². The average molecular weight is 455 g/mol. The van der Waals surface area contributed by atoms with Crippen LogP contribution in [0.2, 0.25) is 5.02 Å². The molecule has 0 unspecified atom stereocenters. The first-order valence-electron chi connectivity index (χ1n) is 11.3. The molecule has 0 radical (unpaired) electrons. The number of fused-ring (bicyclic) bond motifs is 1. The Bertz CT molecular complexity index is 1060. The van der Waals surface area contributed by atoms with Gasteiger partial charge in [-0.15, -0.1) is 0 Å². The van der Waals surface area contributed by atoms with Gasteiger partial charge < -0.3 is 19.9 Å². The topological polar surface area (TPSA) is 89.4 Å². The van der Waals surface area contributed by atoms with E-state index in [2.05, 4.69) is 15.3 Å². The first kappa shape index (κ1) is 21.4. The van der Waals surface area contributed by atoms with Gasteiger partial charge in [0.25, 0.3) is 0 Å². The third-order valence-electron chi connectivity index (χ3n) is 6.30. The lowest BCUT2D eigenvalue weighted by molar-refractivity contribution is 0.0244. The van der Waals surface area contributed by atoms with E-state index in [-0.39, 0.29) is 12.2 Å². The van der Waals surface area contributed by atoms with Gasteiger partial charge in [0.15, 0.2) is 0 Å². The van der Waals surface area contributed by atoms with Crippen molar-refractivity contribution in [1.82, 2.24) is 15.0 Å². The van der Waals surface area contributed by atoms with Gasteiger partial charge >= 0.3 is 0 Å². The van der Waals surface area contributed by atoms with Crippen LogP contribution in [0.15, 0.2) is 36.7 Å². The van der Waals surface area contributed by atoms with Gasteiger partial charge in [-0.25, -0.2) is 15.0 Å². The van der Waals surface area contributed by atoms with Gasteiger partial charge in [-0.1, -0.05) is 11.6 Å². The zero-order chi connectivity index (χ0) is 21.9. The molecule has 2 fully saturated rings. The van der Waals surface area contributed by atoms with Gasteiger partial charge in [0.2, 0.25) is 11.8 Å². The maximum absolute atomic E-state index is 9.95. The summed E-state index contributed by atoms with van der Waals surface area (Å²) in [4.78, 5) is 14.1. The van der Waals surface area contributed by atoms with E-state index in [9.17, 15) is 5.11 Å². The van der Waals surface area contributed by atoms with Crippen LogP contribution in [-0.4, -0.2) is 45.5 Å². The van der Waals surface area contributed by atoms with E-state index < -0.39 is 0 Å². The minimum absolute atomic E-state index is 0.0852. The monoisotopic (exact) mass is 454 g/mol. The highest BCUT2D eigenvalue weighted by Crippen LogP contribution is 2.38. The highest BCUT2D eigenvalue weighted by atomic mass is 35.5. The molecule has 168 valence electrons. The summed E-state index contributed by atoms with van der Waals surface area (Å²) < 4.78 is 11.7. The molecule has 1 aliphatic carbocycles. The molecule has 32 heavy (non-hydrogen) atoms. The minimum atomic E-state index is -0.210. The van der Waals surface area contributed by atoms with Crippen molar-refractivity contribution in [3.05, 3.63) is 47.2 Å². The molecule has 0 amide bonds. The van der Waals surface area contributed by atoms with Gasteiger partial charge in [-0.05, 0) is 55.9 Å². The number of hydrogen-bond acceptors (Lipinski definition) is 7. The van der Waals surface area contributed by atoms with E-state index in [1.165, 1.54) is 0 Å². The Morgan fingerprint density at radius 2 is 1.72 bits per heavy atom. The van der Waals surface area contributed by atoms with Gasteiger partial charge in [0.05, 0.1) is 30.2 Å². The van der Waals surface area contributed by atoms with Crippen LogP contribution < -0.4 is 10.1 Å². The number of aliphatic hydroxyl groups excluding tert-OH is 1. The van der Waals surface area contributed by atoms with Gasteiger partial charge in [0, 0.05) is 41.5 Å². The summed E-state index contributed by atoms with van der Waals surface area (Å²) in [6.07, 6.45) is 8.71. The lowest BCUT2D eigenvalue weighted by Crippen LogP contribution is -2.26. The summed E-state index contributed by atoms with van der Waals surface area (Å²) in [7, 11) is 0. The molecular formula is C24H27ClN4O3. The SMILES string of the molecule is O[C@H]1CC[C@H](c2cnc(OC3CCOCC3)c3cnc(Nc4ccc(Cl)cc4)nc32)CC1. The maximum Gasteiger partial charge on any atom is 0.227 e. The van der Waals surface area contributed by atoms with E-state index >= 15 is 0 Å². The van der Waals surface area contributed by atoms with Crippen molar-refractivity contribution < 1.29 is 14.6 Å². The number of halogens is 1. The van der Waals surface area contributed by atoms with Crippen LogP contribution >= 0.6 is 11.6 Å². The van der Waals surface area contributed by atoms with Crippen LogP contribution in [0.25, 0.3) is 10.9 Å². The number of nitrogens with zero attached hydrogens (tertiary/aromatic N) is 3. The molecule has 2 aromatic heterocycles. The molecule has 7 nitrogen and oxygen atoms in total. The lowest BCUT2D eigenvalue weighted by atomic mass is 9.83. The third-order valence-corrected chi connectivity index (χ3v) is 6.55. The predicted octanol–water partition coefficient (Wildman–Crippen LogP) is 5.00. The van der Waals surface area contributed by atoms with Crippen molar-refractivity contribution in [1.29, 1.82) is 0 Å². The van der Waals surface area contributed by atoms with Crippen molar-refractivity contribution in [2.24, 2.45) is 0 Å². The fourth-order valence-electron chi connectivity index (χ4n) is 4.47. The first-order valence-corrected chi connectivity index (χ1v) is 11.6. The number of pyridine rings is 1.